The van der Waals surface area contributed by atoms with E-state index in [2.05, 4.69) is 211 Å². The molecule has 0 radical (unpaired) electrons. The molecule has 0 aromatic heterocycles. The van der Waals surface area contributed by atoms with Crippen LogP contribution in [0.15, 0.2) is 158 Å². The van der Waals surface area contributed by atoms with Gasteiger partial charge in [-0.3, -0.25) is 0 Å². The lowest BCUT2D eigenvalue weighted by atomic mass is 9.78. The zero-order chi connectivity index (χ0) is 37.9. The molecule has 0 spiro atoms. The first-order valence-corrected chi connectivity index (χ1v) is 19.8. The molecule has 8 aromatic carbocycles. The summed E-state index contributed by atoms with van der Waals surface area (Å²) >= 11 is 0. The number of hydrogen-bond acceptors (Lipinski definition) is 1. The molecule has 0 saturated heterocycles. The molecule has 0 aliphatic heterocycles. The van der Waals surface area contributed by atoms with Crippen LogP contribution in [0.25, 0.3) is 54.9 Å². The molecule has 0 amide bonds. The molecule has 0 heterocycles. The summed E-state index contributed by atoms with van der Waals surface area (Å²) in [7, 11) is 0. The monoisotopic (exact) mass is 709 g/mol. The van der Waals surface area contributed by atoms with Gasteiger partial charge in [-0.1, -0.05) is 182 Å². The molecular formula is C54H47N. The maximum absolute atomic E-state index is 2.57. The second kappa shape index (κ2) is 11.8. The molecule has 0 saturated carbocycles. The maximum atomic E-state index is 2.57. The number of fused-ring (bicyclic) bond motifs is 8. The predicted molar refractivity (Wildman–Crippen MR) is 235 cm³/mol. The molecule has 0 fully saturated rings. The Labute approximate surface area is 325 Å². The van der Waals surface area contributed by atoms with Gasteiger partial charge in [-0.15, -0.1) is 0 Å². The van der Waals surface area contributed by atoms with Crippen LogP contribution in [0.5, 0.6) is 0 Å². The molecule has 0 N–H and O–H groups in total. The van der Waals surface area contributed by atoms with Crippen molar-refractivity contribution < 1.29 is 0 Å². The lowest BCUT2D eigenvalue weighted by Crippen LogP contribution is -2.18. The number of benzene rings is 8. The molecular weight excluding hydrogens is 663 g/mol. The standard InChI is InChI=1S/C54H47N/c1-52(2,3)44-30-32-48(40-22-11-10-19-37(40)44)55(35-28-29-47-43(33-35)39-21-13-14-25-45(39)53(47,4)5)49-31-27-34-17-8-9-18-36(34)50(49)42-24-16-23-41-38-20-12-15-26-46(38)54(6,7)51(41)42/h8-33H,1-7H3. The van der Waals surface area contributed by atoms with E-state index in [1.54, 1.807) is 0 Å². The zero-order valence-corrected chi connectivity index (χ0v) is 33.0. The highest BCUT2D eigenvalue weighted by Crippen LogP contribution is 2.56. The topological polar surface area (TPSA) is 3.24 Å². The van der Waals surface area contributed by atoms with Gasteiger partial charge in [-0.25, -0.2) is 0 Å². The minimum Gasteiger partial charge on any atom is -0.309 e. The van der Waals surface area contributed by atoms with Crippen molar-refractivity contribution in [1.29, 1.82) is 0 Å². The normalized spacial score (nSPS) is 14.7. The van der Waals surface area contributed by atoms with Crippen molar-refractivity contribution in [1.82, 2.24) is 0 Å². The van der Waals surface area contributed by atoms with E-state index in [-0.39, 0.29) is 16.2 Å². The summed E-state index contributed by atoms with van der Waals surface area (Å²) < 4.78 is 0. The van der Waals surface area contributed by atoms with Crippen molar-refractivity contribution in [2.75, 3.05) is 4.90 Å². The SMILES string of the molecule is CC(C)(C)c1ccc(N(c2ccc3c(c2)-c2ccccc2C3(C)C)c2ccc3ccccc3c2-c2cccc3c2C(C)(C)c2ccccc2-3)c2ccccc12. The largest absolute Gasteiger partial charge is 0.309 e. The van der Waals surface area contributed by atoms with Crippen molar-refractivity contribution in [3.05, 3.63) is 186 Å². The second-order valence-electron chi connectivity index (χ2n) is 17.7. The zero-order valence-electron chi connectivity index (χ0n) is 33.0. The molecule has 2 aliphatic rings. The van der Waals surface area contributed by atoms with E-state index in [0.29, 0.717) is 0 Å². The van der Waals surface area contributed by atoms with Crippen LogP contribution in [-0.4, -0.2) is 0 Å². The van der Waals surface area contributed by atoms with Gasteiger partial charge in [0.05, 0.1) is 11.4 Å². The smallest absolute Gasteiger partial charge is 0.0546 e. The van der Waals surface area contributed by atoms with Gasteiger partial charge in [0, 0.05) is 27.5 Å². The molecule has 1 heteroatoms. The van der Waals surface area contributed by atoms with Gasteiger partial charge in [0.2, 0.25) is 0 Å². The Morgan fingerprint density at radius 1 is 0.418 bits per heavy atom. The molecule has 2 aliphatic carbocycles. The van der Waals surface area contributed by atoms with Crippen LogP contribution >= 0.6 is 0 Å². The number of hydrogen-bond donors (Lipinski definition) is 0. The Kier molecular flexibility index (Phi) is 7.21. The van der Waals surface area contributed by atoms with Gasteiger partial charge < -0.3 is 4.90 Å². The summed E-state index contributed by atoms with van der Waals surface area (Å²) in [5.74, 6) is 0. The Balaban J connectivity index is 1.32. The summed E-state index contributed by atoms with van der Waals surface area (Å²) in [4.78, 5) is 2.57. The summed E-state index contributed by atoms with van der Waals surface area (Å²) in [6, 6.07) is 59.6. The van der Waals surface area contributed by atoms with E-state index in [9.17, 15) is 0 Å². The van der Waals surface area contributed by atoms with Crippen molar-refractivity contribution in [2.24, 2.45) is 0 Å². The van der Waals surface area contributed by atoms with E-state index in [1.165, 1.54) is 94.1 Å². The fraction of sp³-hybridized carbons (Fsp3) is 0.185. The van der Waals surface area contributed by atoms with E-state index < -0.39 is 0 Å². The first kappa shape index (κ1) is 33.6. The minimum atomic E-state index is -0.175. The third-order valence-corrected chi connectivity index (χ3v) is 12.8. The van der Waals surface area contributed by atoms with Crippen LogP contribution < -0.4 is 4.90 Å². The molecule has 0 unspecified atom stereocenters. The van der Waals surface area contributed by atoms with E-state index in [4.69, 9.17) is 0 Å². The van der Waals surface area contributed by atoms with Crippen molar-refractivity contribution in [2.45, 2.75) is 64.7 Å². The highest BCUT2D eigenvalue weighted by Gasteiger charge is 2.39. The minimum absolute atomic E-state index is 0.00881. The average molecular weight is 710 g/mol. The highest BCUT2D eigenvalue weighted by molar-refractivity contribution is 6.10. The van der Waals surface area contributed by atoms with Crippen LogP contribution in [0.3, 0.4) is 0 Å². The highest BCUT2D eigenvalue weighted by atomic mass is 15.1. The van der Waals surface area contributed by atoms with Crippen molar-refractivity contribution in [3.63, 3.8) is 0 Å². The second-order valence-corrected chi connectivity index (χ2v) is 17.7. The summed E-state index contributed by atoms with van der Waals surface area (Å²) in [6.45, 7) is 16.5. The van der Waals surface area contributed by atoms with Crippen LogP contribution in [-0.2, 0) is 16.2 Å². The van der Waals surface area contributed by atoms with Gasteiger partial charge in [0.15, 0.2) is 0 Å². The third-order valence-electron chi connectivity index (χ3n) is 12.8. The average Bonchev–Trinajstić information content (AvgIpc) is 3.57. The maximum Gasteiger partial charge on any atom is 0.0546 e. The van der Waals surface area contributed by atoms with E-state index >= 15 is 0 Å². The van der Waals surface area contributed by atoms with Crippen LogP contribution in [0.2, 0.25) is 0 Å². The number of nitrogens with zero attached hydrogens (tertiary/aromatic N) is 1. The Hall–Kier alpha value is -5.92. The fourth-order valence-electron chi connectivity index (χ4n) is 10.2. The number of anilines is 3. The molecule has 10 rings (SSSR count). The van der Waals surface area contributed by atoms with Gasteiger partial charge in [-0.05, 0) is 101 Å². The van der Waals surface area contributed by atoms with E-state index in [0.717, 1.165) is 5.69 Å². The molecule has 1 nitrogen and oxygen atoms in total. The van der Waals surface area contributed by atoms with Crippen molar-refractivity contribution >= 4 is 38.6 Å². The summed E-state index contributed by atoms with van der Waals surface area (Å²) in [5, 5.41) is 5.05. The van der Waals surface area contributed by atoms with Gasteiger partial charge >= 0.3 is 0 Å². The van der Waals surface area contributed by atoms with Crippen molar-refractivity contribution in [3.8, 4) is 33.4 Å². The first-order valence-electron chi connectivity index (χ1n) is 19.8. The Morgan fingerprint density at radius 2 is 0.982 bits per heavy atom. The molecule has 0 atom stereocenters. The Bertz CT molecular complexity index is 2860. The predicted octanol–water partition coefficient (Wildman–Crippen LogP) is 15.0. The quantitative estimate of drug-likeness (QED) is 0.176. The number of rotatable bonds is 4. The first-order chi connectivity index (χ1) is 26.5. The van der Waals surface area contributed by atoms with Crippen LogP contribution in [0, 0.1) is 0 Å². The third kappa shape index (κ3) is 4.85. The summed E-state index contributed by atoms with van der Waals surface area (Å²) in [5.41, 5.74) is 18.0. The van der Waals surface area contributed by atoms with Crippen LogP contribution in [0.4, 0.5) is 17.1 Å². The van der Waals surface area contributed by atoms with Gasteiger partial charge in [-0.2, -0.15) is 0 Å². The van der Waals surface area contributed by atoms with Gasteiger partial charge in [0.1, 0.15) is 0 Å². The molecule has 8 aromatic rings. The fourth-order valence-corrected chi connectivity index (χ4v) is 10.2. The molecule has 0 bridgehead atoms. The lowest BCUT2D eigenvalue weighted by Gasteiger charge is -2.33. The molecule has 268 valence electrons. The lowest BCUT2D eigenvalue weighted by molar-refractivity contribution is 0.596. The van der Waals surface area contributed by atoms with E-state index in [1.807, 2.05) is 0 Å². The summed E-state index contributed by atoms with van der Waals surface area (Å²) in [6.07, 6.45) is 0. The van der Waals surface area contributed by atoms with Crippen LogP contribution in [0.1, 0.15) is 76.3 Å². The Morgan fingerprint density at radius 3 is 1.73 bits per heavy atom. The van der Waals surface area contributed by atoms with Gasteiger partial charge in [0.25, 0.3) is 0 Å². The molecule has 55 heavy (non-hydrogen) atoms.